The van der Waals surface area contributed by atoms with Crippen LogP contribution in [0.4, 0.5) is 0 Å². The Morgan fingerprint density at radius 2 is 0.662 bits per heavy atom. The molecule has 0 bridgehead atoms. The summed E-state index contributed by atoms with van der Waals surface area (Å²) in [6.45, 7) is 20.2. The van der Waals surface area contributed by atoms with Crippen LogP contribution in [0.15, 0.2) is 140 Å². The minimum absolute atomic E-state index is 0.0269. The Morgan fingerprint density at radius 3 is 1.05 bits per heavy atom. The molecule has 2 amide bonds. The Kier molecular flexibility index (Phi) is 51.8. The van der Waals surface area contributed by atoms with Crippen molar-refractivity contribution in [3.8, 4) is 74.5 Å². The summed E-state index contributed by atoms with van der Waals surface area (Å²) in [5, 5.41) is 5.47. The first-order valence-corrected chi connectivity index (χ1v) is 86.0. The van der Waals surface area contributed by atoms with Gasteiger partial charge in [-0.2, -0.15) is 0 Å². The largest absolute Gasteiger partial charge is 0.274 e. The van der Waals surface area contributed by atoms with E-state index in [2.05, 4.69) is 293 Å². The first-order valence-electron chi connectivity index (χ1n) is 50.8. The average molecular weight is 2190 g/mol. The van der Waals surface area contributed by atoms with E-state index in [-0.39, 0.29) is 64.6 Å². The second-order valence-corrected chi connectivity index (χ2v) is 109. The van der Waals surface area contributed by atoms with Gasteiger partial charge in [0.2, 0.25) is 0 Å². The number of amides is 2. The van der Waals surface area contributed by atoms with Gasteiger partial charge in [-0.1, -0.05) is 396 Å². The quantitative estimate of drug-likeness (QED) is 0.0165. The van der Waals surface area contributed by atoms with Crippen LogP contribution in [0.25, 0.3) is 96.0 Å². The number of nitrogens with zero attached hydrogens (tertiary/aromatic N) is 1. The van der Waals surface area contributed by atoms with E-state index < -0.39 is 0 Å². The lowest BCUT2D eigenvalue weighted by molar-refractivity contribution is 0.0651. The standard InChI is InChI=1S/C108H139NO2S3.H12P10.H11P9/c1-9-15-21-27-33-34-35-36-42-50-72-109-105(110)101-102(106(109)111)104(114-103(101)97-65-55-79(8)112-97)98-67-66-96(113-98)81-57-62-85-87-63-58-82(76-95(87)108(93(85)75-81,70-48-40-31-25-19-13-5)71-49-41-32-26-20-14-6)99-88-52-44-45-53-89(88)100(91-74-80(56-61-90(91)99)51-43-37-28-22-16-10-2)83-59-64-86-84-60-54-78(7)73-92(84)107(94(86)77-83,68-46-38-29-23-17-11-3)69-47-39-30-24-18-12-4;1-7(2)10(8(3)4)9(5)6;1-6-9(7(2)3)8(4)5/h44-45,52-67,73-77H,9-43,46-51,68-72H2,1-8H3;1-6H2;6H,1-5H2. The zero-order valence-electron chi connectivity index (χ0n) is 81.8. The van der Waals surface area contributed by atoms with Gasteiger partial charge in [-0.05, 0) is 250 Å². The molecule has 3 aliphatic rings. The highest BCUT2D eigenvalue weighted by Gasteiger charge is 2.47. The molecular weight excluding hydrogens is 2030 g/mol. The van der Waals surface area contributed by atoms with Gasteiger partial charge in [0.05, 0.1) is 20.9 Å². The van der Waals surface area contributed by atoms with Crippen LogP contribution < -0.4 is 0 Å². The Morgan fingerprint density at radius 1 is 0.316 bits per heavy atom. The van der Waals surface area contributed by atoms with E-state index in [0.717, 1.165) is 66.0 Å². The van der Waals surface area contributed by atoms with Gasteiger partial charge in [0.1, 0.15) is 0 Å². The third-order valence-electron chi connectivity index (χ3n) is 28.0. The highest BCUT2D eigenvalue weighted by Crippen LogP contribution is 3.11. The van der Waals surface area contributed by atoms with Crippen LogP contribution in [0.3, 0.4) is 0 Å². The van der Waals surface area contributed by atoms with Crippen molar-refractivity contribution in [1.82, 2.24) is 4.90 Å². The smallest absolute Gasteiger partial charge is 0.263 e. The van der Waals surface area contributed by atoms with Gasteiger partial charge in [-0.25, -0.2) is 0 Å². The first kappa shape index (κ1) is 115. The van der Waals surface area contributed by atoms with E-state index in [1.165, 1.54) is 354 Å². The topological polar surface area (TPSA) is 37.4 Å². The van der Waals surface area contributed by atoms with E-state index in [9.17, 15) is 9.59 Å². The molecule has 0 N–H and O–H groups in total. The summed E-state index contributed by atoms with van der Waals surface area (Å²) >= 11 is 5.19. The number of aryl methyl sites for hydroxylation is 3. The van der Waals surface area contributed by atoms with Crippen LogP contribution in [0.2, 0.25) is 0 Å². The number of benzene rings is 7. The van der Waals surface area contributed by atoms with Crippen molar-refractivity contribution < 1.29 is 9.59 Å². The number of thiophene rings is 3. The van der Waals surface area contributed by atoms with Gasteiger partial charge in [0, 0.05) is 36.9 Å². The molecule has 12 atom stereocenters. The summed E-state index contributed by atoms with van der Waals surface area (Å²) in [7, 11) is 33.3. The SMILES string of the molecule is CCCCCCCCCCCCN1C(=O)c2c(-c3ccc(C)s3)sc(-c3ccc(-c4ccc5c(c4)C(CCCCCCCC)(CCCCCCCC)c4cc(-c6c7ccccc7c(-c7ccc8c(c7)C(CCCCCCCC)(CCCCCCCC)c7cc(C)ccc7-8)c7cc(CCCCCCCC)ccc67)ccc4-5)s3)c2C1=O.PP(P)P(P(P)P)P(P)P.PPP(P(P)P)P(P)P. The van der Waals surface area contributed by atoms with Gasteiger partial charge < -0.3 is 0 Å². The number of fused-ring (bicyclic) bond motifs is 9. The molecule has 0 saturated carbocycles. The van der Waals surface area contributed by atoms with Crippen molar-refractivity contribution in [3.63, 3.8) is 0 Å². The normalized spacial score (nSPS) is 13.7. The molecule has 0 radical (unpaired) electrons. The molecule has 3 aromatic heterocycles. The molecule has 2 aliphatic carbocycles. The van der Waals surface area contributed by atoms with Gasteiger partial charge in [0.15, 0.2) is 0 Å². The van der Waals surface area contributed by atoms with Crippen LogP contribution in [0.1, 0.15) is 383 Å². The first-order chi connectivity index (χ1) is 64.6. The fraction of sp³-hybridized carbons (Fsp3) is 0.519. The van der Waals surface area contributed by atoms with E-state index in [1.807, 2.05) is 0 Å². The molecule has 0 fully saturated rings. The van der Waals surface area contributed by atoms with Crippen molar-refractivity contribution in [2.45, 2.75) is 355 Å². The second-order valence-electron chi connectivity index (χ2n) is 37.9. The molecule has 724 valence electrons. The summed E-state index contributed by atoms with van der Waals surface area (Å²) in [6, 6.07) is 57.0. The third-order valence-corrected chi connectivity index (χ3v) is 125. The highest BCUT2D eigenvalue weighted by atomic mass is 33.2. The van der Waals surface area contributed by atoms with Crippen molar-refractivity contribution in [3.05, 3.63) is 189 Å². The van der Waals surface area contributed by atoms with Gasteiger partial charge in [0.25, 0.3) is 11.8 Å². The number of hydrogen-bond acceptors (Lipinski definition) is 5. The summed E-state index contributed by atoms with van der Waals surface area (Å²) in [6.07, 6.45) is 56.5. The van der Waals surface area contributed by atoms with E-state index >= 15 is 0 Å². The summed E-state index contributed by atoms with van der Waals surface area (Å²) in [5.74, 6) is -0.221. The molecule has 12 unspecified atom stereocenters. The van der Waals surface area contributed by atoms with E-state index in [1.54, 1.807) is 50.0 Å². The Balaban J connectivity index is 0.000000807. The molecule has 25 heteroatoms. The van der Waals surface area contributed by atoms with Gasteiger partial charge in [-0.15, -0.1) is 132 Å². The molecule has 0 saturated heterocycles. The minimum atomic E-state index is -0.188. The maximum atomic E-state index is 15.0. The maximum absolute atomic E-state index is 15.0. The van der Waals surface area contributed by atoms with Crippen molar-refractivity contribution in [1.29, 1.82) is 0 Å². The Bertz CT molecular complexity index is 5230. The van der Waals surface area contributed by atoms with E-state index in [0.29, 0.717) is 24.7 Å². The fourth-order valence-corrected chi connectivity index (χ4v) is 172. The predicted octanol–water partition coefficient (Wildman–Crippen LogP) is 45.3. The lowest BCUT2D eigenvalue weighted by atomic mass is 9.69. The third kappa shape index (κ3) is 30.8. The van der Waals surface area contributed by atoms with Crippen LogP contribution >= 0.6 is 189 Å². The lowest BCUT2D eigenvalue weighted by Gasteiger charge is -2.34. The van der Waals surface area contributed by atoms with Crippen LogP contribution in [0.5, 0.6) is 0 Å². The average Bonchev–Trinajstić information content (AvgIpc) is 1.66. The molecule has 0 spiro atoms. The summed E-state index contributed by atoms with van der Waals surface area (Å²) in [5.41, 5.74) is 22.6. The molecular formula is C108H162NO2P19S3. The second kappa shape index (κ2) is 60.1. The molecule has 10 aromatic rings. The monoisotopic (exact) mass is 2190 g/mol. The molecule has 3 nitrogen and oxygen atoms in total. The van der Waals surface area contributed by atoms with Crippen molar-refractivity contribution >= 4 is 222 Å². The lowest BCUT2D eigenvalue weighted by Crippen LogP contribution is -2.31. The van der Waals surface area contributed by atoms with E-state index in [4.69, 9.17) is 0 Å². The van der Waals surface area contributed by atoms with Crippen LogP contribution in [-0.4, -0.2) is 23.3 Å². The zero-order chi connectivity index (χ0) is 95.0. The fourth-order valence-electron chi connectivity index (χ4n) is 21.1. The molecule has 13 rings (SSSR count). The number of unbranched alkanes of at least 4 members (excludes halogenated alkanes) is 34. The van der Waals surface area contributed by atoms with Gasteiger partial charge in [-0.3, -0.25) is 14.5 Å². The summed E-state index contributed by atoms with van der Waals surface area (Å²) in [4.78, 5) is 37.8. The summed E-state index contributed by atoms with van der Waals surface area (Å²) < 4.78 is 0. The molecule has 7 aromatic carbocycles. The number of imide groups is 1. The minimum Gasteiger partial charge on any atom is -0.274 e. The van der Waals surface area contributed by atoms with Crippen molar-refractivity contribution in [2.75, 3.05) is 6.54 Å². The zero-order valence-corrected chi connectivity index (χ0v) is 104. The highest BCUT2D eigenvalue weighted by molar-refractivity contribution is 9.16. The number of hydrogen-bond donors (Lipinski definition) is 0. The molecule has 4 heterocycles. The maximum Gasteiger partial charge on any atom is 0.263 e. The van der Waals surface area contributed by atoms with Gasteiger partial charge >= 0.3 is 0 Å². The molecule has 133 heavy (non-hydrogen) atoms. The Labute approximate surface area is 854 Å². The molecule has 1 aliphatic heterocycles. The number of rotatable bonds is 57. The predicted molar refractivity (Wildman–Crippen MR) is 664 cm³/mol. The Hall–Kier alpha value is 1.47. The number of carbonyl (C=O) groups is 2. The van der Waals surface area contributed by atoms with Crippen molar-refractivity contribution in [2.24, 2.45) is 0 Å². The van der Waals surface area contributed by atoms with Crippen LogP contribution in [-0.2, 0) is 17.3 Å². The number of carbonyl (C=O) groups excluding carboxylic acids is 2. The van der Waals surface area contributed by atoms with Crippen LogP contribution in [0, 0.1) is 13.8 Å².